The maximum atomic E-state index is 12.6. The summed E-state index contributed by atoms with van der Waals surface area (Å²) >= 11 is 0. The number of aliphatic hydroxyl groups is 1. The molecule has 1 aliphatic rings. The Balaban J connectivity index is 2.22. The predicted molar refractivity (Wildman–Crippen MR) is 71.1 cm³/mol. The van der Waals surface area contributed by atoms with Crippen LogP contribution < -0.4 is 5.32 Å². The molecular weight excluding hydrogens is 246 g/mol. The number of nitrogens with zero attached hydrogens (tertiary/aromatic N) is 2. The van der Waals surface area contributed by atoms with Gasteiger partial charge in [0.2, 0.25) is 0 Å². The fourth-order valence-corrected chi connectivity index (χ4v) is 2.15. The van der Waals surface area contributed by atoms with E-state index in [4.69, 9.17) is 9.84 Å². The molecule has 6 nitrogen and oxygen atoms in total. The number of rotatable bonds is 3. The number of hydrogen-bond acceptors (Lipinski definition) is 5. The van der Waals surface area contributed by atoms with Crippen LogP contribution in [0.15, 0.2) is 18.5 Å². The van der Waals surface area contributed by atoms with Crippen LogP contribution in [0.5, 0.6) is 0 Å². The molecule has 2 rings (SSSR count). The van der Waals surface area contributed by atoms with Crippen molar-refractivity contribution >= 4 is 11.6 Å². The third-order valence-corrected chi connectivity index (χ3v) is 3.29. The van der Waals surface area contributed by atoms with Gasteiger partial charge in [-0.1, -0.05) is 0 Å². The quantitative estimate of drug-likeness (QED) is 0.824. The number of anilines is 1. The summed E-state index contributed by atoms with van der Waals surface area (Å²) in [6, 6.07) is 1.69. The molecule has 1 saturated heterocycles. The van der Waals surface area contributed by atoms with Crippen LogP contribution in [0.1, 0.15) is 17.3 Å². The second-order valence-corrected chi connectivity index (χ2v) is 4.62. The van der Waals surface area contributed by atoms with E-state index in [9.17, 15) is 4.79 Å². The Kier molecular flexibility index (Phi) is 4.34. The van der Waals surface area contributed by atoms with Crippen molar-refractivity contribution in [3.05, 3.63) is 24.0 Å². The van der Waals surface area contributed by atoms with E-state index in [1.807, 2.05) is 6.92 Å². The molecule has 1 aromatic rings. The van der Waals surface area contributed by atoms with Gasteiger partial charge in [0.05, 0.1) is 42.8 Å². The monoisotopic (exact) mass is 265 g/mol. The van der Waals surface area contributed by atoms with Gasteiger partial charge in [-0.25, -0.2) is 0 Å². The molecular formula is C13H19N3O3. The molecule has 2 unspecified atom stereocenters. The molecule has 1 fully saturated rings. The maximum Gasteiger partial charge on any atom is 0.256 e. The highest BCUT2D eigenvalue weighted by Gasteiger charge is 2.30. The van der Waals surface area contributed by atoms with Crippen molar-refractivity contribution in [1.29, 1.82) is 0 Å². The number of hydrogen-bond donors (Lipinski definition) is 2. The molecule has 6 heteroatoms. The first-order valence-corrected chi connectivity index (χ1v) is 6.32. The lowest BCUT2D eigenvalue weighted by Crippen LogP contribution is -2.52. The second kappa shape index (κ2) is 5.99. The van der Waals surface area contributed by atoms with Gasteiger partial charge >= 0.3 is 0 Å². The molecule has 0 saturated carbocycles. The van der Waals surface area contributed by atoms with E-state index in [2.05, 4.69) is 10.3 Å². The third kappa shape index (κ3) is 2.85. The summed E-state index contributed by atoms with van der Waals surface area (Å²) in [4.78, 5) is 18.3. The second-order valence-electron chi connectivity index (χ2n) is 4.62. The number of ether oxygens (including phenoxy) is 1. The molecule has 2 atom stereocenters. The van der Waals surface area contributed by atoms with E-state index in [1.54, 1.807) is 30.4 Å². The molecule has 2 heterocycles. The number of pyridine rings is 1. The van der Waals surface area contributed by atoms with Crippen LogP contribution in [0.3, 0.4) is 0 Å². The summed E-state index contributed by atoms with van der Waals surface area (Å²) in [5, 5.41) is 12.1. The van der Waals surface area contributed by atoms with Crippen LogP contribution in [0.4, 0.5) is 5.69 Å². The molecule has 1 aromatic heterocycles. The molecule has 1 aliphatic heterocycles. The Hall–Kier alpha value is -1.66. The number of nitrogens with one attached hydrogen (secondary N) is 1. The fourth-order valence-electron chi connectivity index (χ4n) is 2.15. The van der Waals surface area contributed by atoms with E-state index in [0.717, 1.165) is 0 Å². The van der Waals surface area contributed by atoms with E-state index in [-0.39, 0.29) is 24.7 Å². The molecule has 1 amide bonds. The van der Waals surface area contributed by atoms with Crippen LogP contribution in [-0.2, 0) is 4.74 Å². The van der Waals surface area contributed by atoms with Gasteiger partial charge in [0.25, 0.3) is 5.91 Å². The molecule has 19 heavy (non-hydrogen) atoms. The Morgan fingerprint density at radius 3 is 3.16 bits per heavy atom. The summed E-state index contributed by atoms with van der Waals surface area (Å²) in [7, 11) is 1.76. The van der Waals surface area contributed by atoms with Crippen molar-refractivity contribution in [3.8, 4) is 0 Å². The predicted octanol–water partition coefficient (Wildman–Crippen LogP) is 0.345. The molecule has 0 radical (unpaired) electrons. The molecule has 0 bridgehead atoms. The highest BCUT2D eigenvalue weighted by atomic mass is 16.5. The zero-order valence-electron chi connectivity index (χ0n) is 11.2. The highest BCUT2D eigenvalue weighted by molar-refractivity contribution is 5.99. The zero-order valence-corrected chi connectivity index (χ0v) is 11.2. The molecule has 2 N–H and O–H groups in total. The van der Waals surface area contributed by atoms with Gasteiger partial charge in [0.1, 0.15) is 0 Å². The lowest BCUT2D eigenvalue weighted by Gasteiger charge is -2.37. The third-order valence-electron chi connectivity index (χ3n) is 3.29. The van der Waals surface area contributed by atoms with Gasteiger partial charge in [-0.15, -0.1) is 0 Å². The Morgan fingerprint density at radius 2 is 2.47 bits per heavy atom. The smallest absolute Gasteiger partial charge is 0.256 e. The highest BCUT2D eigenvalue weighted by Crippen LogP contribution is 2.20. The van der Waals surface area contributed by atoms with Gasteiger partial charge in [0, 0.05) is 19.8 Å². The van der Waals surface area contributed by atoms with Crippen LogP contribution in [0.2, 0.25) is 0 Å². The van der Waals surface area contributed by atoms with Crippen molar-refractivity contribution < 1.29 is 14.6 Å². The summed E-state index contributed by atoms with van der Waals surface area (Å²) in [6.45, 7) is 2.70. The van der Waals surface area contributed by atoms with Crippen molar-refractivity contribution in [2.45, 2.75) is 19.1 Å². The number of amides is 1. The standard InChI is InChI=1S/C13H19N3O3/c1-9-8-19-10(7-17)6-16(9)13(18)11-3-4-15-5-12(11)14-2/h3-5,9-10,14,17H,6-8H2,1-2H3. The van der Waals surface area contributed by atoms with Crippen LogP contribution in [-0.4, -0.2) is 59.8 Å². The zero-order chi connectivity index (χ0) is 13.8. The fraction of sp³-hybridized carbons (Fsp3) is 0.538. The Labute approximate surface area is 112 Å². The summed E-state index contributed by atoms with van der Waals surface area (Å²) in [6.07, 6.45) is 2.92. The topological polar surface area (TPSA) is 74.7 Å². The van der Waals surface area contributed by atoms with Gasteiger partial charge in [-0.3, -0.25) is 9.78 Å². The van der Waals surface area contributed by atoms with E-state index in [0.29, 0.717) is 24.4 Å². The summed E-state index contributed by atoms with van der Waals surface area (Å²) < 4.78 is 5.44. The van der Waals surface area contributed by atoms with Crippen molar-refractivity contribution in [2.24, 2.45) is 0 Å². The van der Waals surface area contributed by atoms with E-state index in [1.165, 1.54) is 0 Å². The Bertz CT molecular complexity index is 453. The van der Waals surface area contributed by atoms with E-state index < -0.39 is 0 Å². The van der Waals surface area contributed by atoms with Gasteiger partial charge in [0.15, 0.2) is 0 Å². The minimum Gasteiger partial charge on any atom is -0.394 e. The van der Waals surface area contributed by atoms with Gasteiger partial charge in [-0.2, -0.15) is 0 Å². The van der Waals surface area contributed by atoms with Gasteiger partial charge in [-0.05, 0) is 13.0 Å². The van der Waals surface area contributed by atoms with Crippen molar-refractivity contribution in [1.82, 2.24) is 9.88 Å². The first-order chi connectivity index (χ1) is 9.17. The maximum absolute atomic E-state index is 12.6. The lowest BCUT2D eigenvalue weighted by molar-refractivity contribution is -0.0667. The molecule has 0 aliphatic carbocycles. The minimum absolute atomic E-state index is 0.00632. The van der Waals surface area contributed by atoms with Gasteiger partial charge < -0.3 is 20.1 Å². The lowest BCUT2D eigenvalue weighted by atomic mass is 10.1. The Morgan fingerprint density at radius 1 is 1.68 bits per heavy atom. The largest absolute Gasteiger partial charge is 0.394 e. The van der Waals surface area contributed by atoms with Crippen molar-refractivity contribution in [2.75, 3.05) is 32.1 Å². The summed E-state index contributed by atoms with van der Waals surface area (Å²) in [5.74, 6) is -0.0685. The number of aliphatic hydroxyl groups excluding tert-OH is 1. The summed E-state index contributed by atoms with van der Waals surface area (Å²) in [5.41, 5.74) is 1.29. The van der Waals surface area contributed by atoms with Crippen LogP contribution in [0.25, 0.3) is 0 Å². The number of morpholine rings is 1. The average Bonchev–Trinajstić information content (AvgIpc) is 2.47. The van der Waals surface area contributed by atoms with Crippen LogP contribution in [0, 0.1) is 0 Å². The van der Waals surface area contributed by atoms with E-state index >= 15 is 0 Å². The first kappa shape index (κ1) is 13.8. The first-order valence-electron chi connectivity index (χ1n) is 6.32. The number of carbonyl (C=O) groups excluding carboxylic acids is 1. The molecule has 104 valence electrons. The number of aromatic nitrogens is 1. The molecule has 0 spiro atoms. The average molecular weight is 265 g/mol. The molecule has 0 aromatic carbocycles. The van der Waals surface area contributed by atoms with Crippen LogP contribution >= 0.6 is 0 Å². The normalized spacial score (nSPS) is 23.2. The SMILES string of the molecule is CNc1cnccc1C(=O)N1CC(CO)OCC1C. The number of carbonyl (C=O) groups is 1. The minimum atomic E-state index is -0.306. The van der Waals surface area contributed by atoms with Crippen molar-refractivity contribution in [3.63, 3.8) is 0 Å².